The molecule has 0 bridgehead atoms. The molecule has 3 heterocycles. The molecule has 1 amide bonds. The van der Waals surface area contributed by atoms with Gasteiger partial charge >= 0.3 is 0 Å². The summed E-state index contributed by atoms with van der Waals surface area (Å²) in [5, 5.41) is 6.12. The van der Waals surface area contributed by atoms with Crippen molar-refractivity contribution in [3.63, 3.8) is 0 Å². The molecule has 30 heavy (non-hydrogen) atoms. The van der Waals surface area contributed by atoms with Gasteiger partial charge in [0.1, 0.15) is 12.1 Å². The van der Waals surface area contributed by atoms with Crippen LogP contribution in [-0.2, 0) is 22.6 Å². The molecule has 0 N–H and O–H groups in total. The van der Waals surface area contributed by atoms with Crippen molar-refractivity contribution >= 4 is 27.7 Å². The third-order valence-electron chi connectivity index (χ3n) is 5.61. The highest BCUT2D eigenvalue weighted by Crippen LogP contribution is 2.27. The number of morpholine rings is 1. The second kappa shape index (κ2) is 7.76. The smallest absolute Gasteiger partial charge is 0.291 e. The Morgan fingerprint density at radius 3 is 2.50 bits per heavy atom. The molecular weight excluding hydrogens is 380 g/mol. The number of amides is 1. The number of nitrogens with zero attached hydrogens (tertiary/aromatic N) is 4. The Bertz CT molecular complexity index is 1270. The molecule has 152 valence electrons. The van der Waals surface area contributed by atoms with Gasteiger partial charge in [-0.1, -0.05) is 48.5 Å². The van der Waals surface area contributed by atoms with E-state index in [2.05, 4.69) is 5.10 Å². The first kappa shape index (κ1) is 18.6. The van der Waals surface area contributed by atoms with E-state index in [1.54, 1.807) is 11.1 Å². The van der Waals surface area contributed by atoms with Gasteiger partial charge < -0.3 is 14.2 Å². The predicted octanol–water partition coefficient (Wildman–Crippen LogP) is 2.26. The highest BCUT2D eigenvalue weighted by atomic mass is 16.5. The molecule has 0 saturated carbocycles. The largest absolute Gasteiger partial charge is 0.378 e. The standard InChI is InChI=1S/C23H22N4O3/c28-21(25-10-12-30-13-11-25)16-27-23(29)22-19(14-24-27)18-8-4-5-9-20(18)26(22)15-17-6-2-1-3-7-17/h1-9,14H,10-13,15-16H2. The first-order chi connectivity index (χ1) is 14.7. The number of rotatable bonds is 4. The fourth-order valence-corrected chi connectivity index (χ4v) is 4.08. The Kier molecular flexibility index (Phi) is 4.80. The van der Waals surface area contributed by atoms with E-state index in [1.807, 2.05) is 59.2 Å². The van der Waals surface area contributed by atoms with Gasteiger partial charge in [0.2, 0.25) is 5.91 Å². The zero-order valence-corrected chi connectivity index (χ0v) is 16.5. The summed E-state index contributed by atoms with van der Waals surface area (Å²) >= 11 is 0. The fraction of sp³-hybridized carbons (Fsp3) is 0.261. The van der Waals surface area contributed by atoms with Gasteiger partial charge in [-0.05, 0) is 11.6 Å². The van der Waals surface area contributed by atoms with Gasteiger partial charge in [-0.25, -0.2) is 4.68 Å². The first-order valence-electron chi connectivity index (χ1n) is 10.1. The lowest BCUT2D eigenvalue weighted by Crippen LogP contribution is -2.43. The van der Waals surface area contributed by atoms with Gasteiger partial charge in [0.15, 0.2) is 0 Å². The number of aromatic nitrogens is 3. The van der Waals surface area contributed by atoms with Crippen LogP contribution in [0.5, 0.6) is 0 Å². The van der Waals surface area contributed by atoms with Crippen LogP contribution in [0.1, 0.15) is 5.56 Å². The van der Waals surface area contributed by atoms with Crippen molar-refractivity contribution in [2.75, 3.05) is 26.3 Å². The molecule has 0 aliphatic carbocycles. The van der Waals surface area contributed by atoms with Crippen LogP contribution in [0.3, 0.4) is 0 Å². The molecule has 0 radical (unpaired) electrons. The average Bonchev–Trinajstić information content (AvgIpc) is 3.11. The van der Waals surface area contributed by atoms with Crippen molar-refractivity contribution in [2.45, 2.75) is 13.1 Å². The minimum Gasteiger partial charge on any atom is -0.378 e. The van der Waals surface area contributed by atoms with Crippen molar-refractivity contribution in [3.8, 4) is 0 Å². The highest BCUT2D eigenvalue weighted by molar-refractivity contribution is 6.07. The van der Waals surface area contributed by atoms with E-state index in [0.29, 0.717) is 38.4 Å². The Labute approximate surface area is 173 Å². The molecule has 7 nitrogen and oxygen atoms in total. The summed E-state index contributed by atoms with van der Waals surface area (Å²) in [5.74, 6) is -0.113. The maximum atomic E-state index is 13.4. The van der Waals surface area contributed by atoms with Gasteiger partial charge in [0.25, 0.3) is 5.56 Å². The quantitative estimate of drug-likeness (QED) is 0.525. The summed E-state index contributed by atoms with van der Waals surface area (Å²) in [5.41, 5.74) is 2.41. The minimum atomic E-state index is -0.249. The summed E-state index contributed by atoms with van der Waals surface area (Å²) < 4.78 is 8.61. The van der Waals surface area contributed by atoms with E-state index in [0.717, 1.165) is 21.9 Å². The Morgan fingerprint density at radius 2 is 1.70 bits per heavy atom. The number of carbonyl (C=O) groups is 1. The molecule has 7 heteroatoms. The molecule has 1 aliphatic heterocycles. The van der Waals surface area contributed by atoms with Gasteiger partial charge in [0.05, 0.1) is 19.4 Å². The van der Waals surface area contributed by atoms with E-state index in [1.165, 1.54) is 4.68 Å². The second-order valence-corrected chi connectivity index (χ2v) is 7.45. The van der Waals surface area contributed by atoms with Gasteiger partial charge in [-0.3, -0.25) is 9.59 Å². The van der Waals surface area contributed by atoms with Crippen LogP contribution < -0.4 is 5.56 Å². The lowest BCUT2D eigenvalue weighted by molar-refractivity contribution is -0.136. The van der Waals surface area contributed by atoms with Crippen molar-refractivity contribution in [2.24, 2.45) is 0 Å². The third-order valence-corrected chi connectivity index (χ3v) is 5.61. The molecule has 0 atom stereocenters. The maximum Gasteiger partial charge on any atom is 0.291 e. The van der Waals surface area contributed by atoms with E-state index in [4.69, 9.17) is 4.74 Å². The van der Waals surface area contributed by atoms with Gasteiger partial charge in [0, 0.05) is 35.9 Å². The summed E-state index contributed by atoms with van der Waals surface area (Å²) in [7, 11) is 0. The van der Waals surface area contributed by atoms with Crippen molar-refractivity contribution < 1.29 is 9.53 Å². The van der Waals surface area contributed by atoms with Crippen molar-refractivity contribution in [3.05, 3.63) is 76.7 Å². The molecule has 0 spiro atoms. The number of hydrogen-bond donors (Lipinski definition) is 0. The third kappa shape index (κ3) is 3.27. The van der Waals surface area contributed by atoms with E-state index in [9.17, 15) is 9.59 Å². The Morgan fingerprint density at radius 1 is 0.967 bits per heavy atom. The number of para-hydroxylation sites is 1. The SMILES string of the molecule is O=C(Cn1ncc2c3ccccc3n(Cc3ccccc3)c2c1=O)N1CCOCC1. The van der Waals surface area contributed by atoms with Crippen LogP contribution >= 0.6 is 0 Å². The predicted molar refractivity (Wildman–Crippen MR) is 114 cm³/mol. The van der Waals surface area contributed by atoms with Gasteiger partial charge in [-0.15, -0.1) is 0 Å². The van der Waals surface area contributed by atoms with Crippen LogP contribution in [0.15, 0.2) is 65.6 Å². The number of benzene rings is 2. The molecule has 2 aromatic heterocycles. The first-order valence-corrected chi connectivity index (χ1v) is 10.1. The van der Waals surface area contributed by atoms with Crippen LogP contribution in [0.25, 0.3) is 21.8 Å². The number of fused-ring (bicyclic) bond motifs is 3. The van der Waals surface area contributed by atoms with Crippen LogP contribution in [0, 0.1) is 0 Å². The summed E-state index contributed by atoms with van der Waals surface area (Å²) in [6.07, 6.45) is 1.70. The lowest BCUT2D eigenvalue weighted by Gasteiger charge is -2.26. The molecule has 2 aromatic carbocycles. The highest BCUT2D eigenvalue weighted by Gasteiger charge is 2.20. The Balaban J connectivity index is 1.61. The van der Waals surface area contributed by atoms with Crippen molar-refractivity contribution in [1.82, 2.24) is 19.2 Å². The number of carbonyl (C=O) groups excluding carboxylic acids is 1. The normalized spacial score (nSPS) is 14.5. The van der Waals surface area contributed by atoms with Crippen LogP contribution in [0.4, 0.5) is 0 Å². The van der Waals surface area contributed by atoms with E-state index in [-0.39, 0.29) is 18.0 Å². The summed E-state index contributed by atoms with van der Waals surface area (Å²) in [6.45, 7) is 2.65. The molecule has 1 saturated heterocycles. The molecular formula is C23H22N4O3. The lowest BCUT2D eigenvalue weighted by atomic mass is 10.2. The van der Waals surface area contributed by atoms with Gasteiger partial charge in [-0.2, -0.15) is 5.10 Å². The molecule has 1 aliphatic rings. The van der Waals surface area contributed by atoms with E-state index < -0.39 is 0 Å². The number of hydrogen-bond acceptors (Lipinski definition) is 4. The topological polar surface area (TPSA) is 69.4 Å². The van der Waals surface area contributed by atoms with Crippen LogP contribution in [-0.4, -0.2) is 51.5 Å². The van der Waals surface area contributed by atoms with E-state index >= 15 is 0 Å². The molecule has 5 rings (SSSR count). The zero-order chi connectivity index (χ0) is 20.5. The monoisotopic (exact) mass is 402 g/mol. The number of ether oxygens (including phenoxy) is 1. The maximum absolute atomic E-state index is 13.4. The minimum absolute atomic E-state index is 0.0678. The fourth-order valence-electron chi connectivity index (χ4n) is 4.08. The molecule has 4 aromatic rings. The zero-order valence-electron chi connectivity index (χ0n) is 16.5. The second-order valence-electron chi connectivity index (χ2n) is 7.45. The van der Waals surface area contributed by atoms with Crippen molar-refractivity contribution in [1.29, 1.82) is 0 Å². The summed E-state index contributed by atoms with van der Waals surface area (Å²) in [6, 6.07) is 18.0. The average molecular weight is 402 g/mol. The molecule has 1 fully saturated rings. The summed E-state index contributed by atoms with van der Waals surface area (Å²) in [4.78, 5) is 27.8. The Hall–Kier alpha value is -3.45. The molecule has 0 unspecified atom stereocenters. The van der Waals surface area contributed by atoms with Crippen LogP contribution in [0.2, 0.25) is 0 Å².